The summed E-state index contributed by atoms with van der Waals surface area (Å²) in [6.45, 7) is 5.14. The highest BCUT2D eigenvalue weighted by atomic mass is 35.5. The van der Waals surface area contributed by atoms with Crippen molar-refractivity contribution in [2.45, 2.75) is 39.3 Å². The summed E-state index contributed by atoms with van der Waals surface area (Å²) in [4.78, 5) is 31.8. The molecule has 0 saturated carbocycles. The second-order valence-electron chi connectivity index (χ2n) is 7.63. The van der Waals surface area contributed by atoms with E-state index in [1.807, 2.05) is 41.3 Å². The maximum Gasteiger partial charge on any atom is 0.225 e. The standard InChI is InChI=1S/C22H26ClN3O2/c1-15(2)14-26-20(27)10-9-18(21(26)17-7-5-11-24-12-17)22(28)25-13-16-6-3-4-8-19(16)23/h3-8,11-12,15,18,21H,9-10,13-14H2,1-2H3,(H,25,28)/t18-,21+/m1/s1. The van der Waals surface area contributed by atoms with Crippen molar-refractivity contribution < 1.29 is 9.59 Å². The van der Waals surface area contributed by atoms with Crippen LogP contribution >= 0.6 is 11.6 Å². The second kappa shape index (κ2) is 9.20. The number of piperidine rings is 1. The fourth-order valence-electron chi connectivity index (χ4n) is 3.75. The molecule has 0 spiro atoms. The fraction of sp³-hybridized carbons (Fsp3) is 0.409. The summed E-state index contributed by atoms with van der Waals surface area (Å²) in [6, 6.07) is 11.0. The number of aromatic nitrogens is 1. The molecule has 0 aliphatic carbocycles. The Morgan fingerprint density at radius 2 is 2.07 bits per heavy atom. The third-order valence-electron chi connectivity index (χ3n) is 5.04. The minimum absolute atomic E-state index is 0.0602. The van der Waals surface area contributed by atoms with E-state index >= 15 is 0 Å². The van der Waals surface area contributed by atoms with Gasteiger partial charge in [-0.2, -0.15) is 0 Å². The van der Waals surface area contributed by atoms with E-state index in [4.69, 9.17) is 11.6 Å². The Labute approximate surface area is 171 Å². The Morgan fingerprint density at radius 3 is 2.75 bits per heavy atom. The first-order valence-electron chi connectivity index (χ1n) is 9.68. The van der Waals surface area contributed by atoms with Crippen LogP contribution < -0.4 is 5.32 Å². The lowest BCUT2D eigenvalue weighted by Gasteiger charge is -2.41. The van der Waals surface area contributed by atoms with Gasteiger partial charge in [-0.25, -0.2) is 0 Å². The fourth-order valence-corrected chi connectivity index (χ4v) is 3.96. The number of carbonyl (C=O) groups excluding carboxylic acids is 2. The molecule has 6 heteroatoms. The zero-order valence-corrected chi connectivity index (χ0v) is 17.0. The van der Waals surface area contributed by atoms with Gasteiger partial charge in [0.15, 0.2) is 0 Å². The summed E-state index contributed by atoms with van der Waals surface area (Å²) in [5, 5.41) is 3.65. The summed E-state index contributed by atoms with van der Waals surface area (Å²) >= 11 is 6.21. The molecule has 2 amide bonds. The van der Waals surface area contributed by atoms with Crippen LogP contribution in [-0.4, -0.2) is 28.2 Å². The van der Waals surface area contributed by atoms with Gasteiger partial charge < -0.3 is 10.2 Å². The summed E-state index contributed by atoms with van der Waals surface area (Å²) in [5.41, 5.74) is 1.77. The number of nitrogens with zero attached hydrogens (tertiary/aromatic N) is 2. The molecule has 3 rings (SSSR count). The van der Waals surface area contributed by atoms with E-state index in [1.54, 1.807) is 12.4 Å². The SMILES string of the molecule is CC(C)CN1C(=O)CC[C@@H](C(=O)NCc2ccccc2Cl)[C@@H]1c1cccnc1. The third kappa shape index (κ3) is 4.71. The lowest BCUT2D eigenvalue weighted by molar-refractivity contribution is -0.144. The first-order valence-corrected chi connectivity index (χ1v) is 10.1. The van der Waals surface area contributed by atoms with E-state index in [-0.39, 0.29) is 23.8 Å². The molecule has 1 aromatic heterocycles. The maximum absolute atomic E-state index is 13.1. The van der Waals surface area contributed by atoms with Crippen molar-refractivity contribution in [2.24, 2.45) is 11.8 Å². The summed E-state index contributed by atoms with van der Waals surface area (Å²) in [7, 11) is 0. The summed E-state index contributed by atoms with van der Waals surface area (Å²) in [5.74, 6) is 0.0314. The zero-order chi connectivity index (χ0) is 20.1. The Hall–Kier alpha value is -2.40. The molecule has 2 atom stereocenters. The lowest BCUT2D eigenvalue weighted by Crippen LogP contribution is -2.49. The molecule has 0 radical (unpaired) electrons. The highest BCUT2D eigenvalue weighted by molar-refractivity contribution is 6.31. The van der Waals surface area contributed by atoms with E-state index in [1.165, 1.54) is 0 Å². The van der Waals surface area contributed by atoms with Gasteiger partial charge in [-0.3, -0.25) is 14.6 Å². The number of likely N-dealkylation sites (tertiary alicyclic amines) is 1. The average molecular weight is 400 g/mol. The van der Waals surface area contributed by atoms with Crippen LogP contribution in [0.2, 0.25) is 5.02 Å². The number of rotatable bonds is 6. The van der Waals surface area contributed by atoms with Gasteiger partial charge in [0, 0.05) is 36.9 Å². The molecular weight excluding hydrogens is 374 g/mol. The molecule has 1 aromatic carbocycles. The van der Waals surface area contributed by atoms with Crippen LogP contribution in [0, 0.1) is 11.8 Å². The largest absolute Gasteiger partial charge is 0.352 e. The molecule has 1 aliphatic rings. The third-order valence-corrected chi connectivity index (χ3v) is 5.41. The first kappa shape index (κ1) is 20.3. The van der Waals surface area contributed by atoms with Crippen molar-refractivity contribution in [3.05, 3.63) is 64.9 Å². The maximum atomic E-state index is 13.1. The number of carbonyl (C=O) groups is 2. The number of halogens is 1. The lowest BCUT2D eigenvalue weighted by atomic mass is 9.83. The van der Waals surface area contributed by atoms with Gasteiger partial charge in [-0.15, -0.1) is 0 Å². The molecule has 148 valence electrons. The van der Waals surface area contributed by atoms with Crippen molar-refractivity contribution in [3.63, 3.8) is 0 Å². The number of hydrogen-bond acceptors (Lipinski definition) is 3. The molecule has 1 fully saturated rings. The van der Waals surface area contributed by atoms with Crippen LogP contribution in [0.5, 0.6) is 0 Å². The molecule has 2 aromatic rings. The number of hydrogen-bond donors (Lipinski definition) is 1. The molecule has 2 heterocycles. The number of nitrogens with one attached hydrogen (secondary N) is 1. The van der Waals surface area contributed by atoms with Crippen molar-refractivity contribution in [2.75, 3.05) is 6.54 Å². The van der Waals surface area contributed by atoms with Crippen LogP contribution in [0.15, 0.2) is 48.8 Å². The van der Waals surface area contributed by atoms with Gasteiger partial charge in [-0.1, -0.05) is 49.7 Å². The van der Waals surface area contributed by atoms with Crippen LogP contribution in [0.4, 0.5) is 0 Å². The second-order valence-corrected chi connectivity index (χ2v) is 8.03. The van der Waals surface area contributed by atoms with Crippen LogP contribution in [0.1, 0.15) is 43.9 Å². The van der Waals surface area contributed by atoms with E-state index in [9.17, 15) is 9.59 Å². The minimum Gasteiger partial charge on any atom is -0.352 e. The normalized spacial score (nSPS) is 19.7. The van der Waals surface area contributed by atoms with Gasteiger partial charge in [0.05, 0.1) is 12.0 Å². The molecule has 28 heavy (non-hydrogen) atoms. The van der Waals surface area contributed by atoms with Crippen LogP contribution in [0.25, 0.3) is 0 Å². The molecule has 1 N–H and O–H groups in total. The van der Waals surface area contributed by atoms with Gasteiger partial charge in [0.2, 0.25) is 11.8 Å². The number of amides is 2. The molecule has 0 unspecified atom stereocenters. The number of pyridine rings is 1. The molecule has 1 saturated heterocycles. The van der Waals surface area contributed by atoms with Gasteiger partial charge in [-0.05, 0) is 35.6 Å². The Balaban J connectivity index is 1.83. The topological polar surface area (TPSA) is 62.3 Å². The highest BCUT2D eigenvalue weighted by Gasteiger charge is 2.40. The van der Waals surface area contributed by atoms with Crippen molar-refractivity contribution >= 4 is 23.4 Å². The van der Waals surface area contributed by atoms with Crippen molar-refractivity contribution in [3.8, 4) is 0 Å². The molecule has 0 bridgehead atoms. The van der Waals surface area contributed by atoms with Gasteiger partial charge in [0.25, 0.3) is 0 Å². The predicted molar refractivity (Wildman–Crippen MR) is 110 cm³/mol. The highest BCUT2D eigenvalue weighted by Crippen LogP contribution is 2.37. The number of benzene rings is 1. The van der Waals surface area contributed by atoms with Crippen molar-refractivity contribution in [1.82, 2.24) is 15.2 Å². The quantitative estimate of drug-likeness (QED) is 0.798. The Morgan fingerprint density at radius 1 is 1.29 bits per heavy atom. The van der Waals surface area contributed by atoms with E-state index in [0.29, 0.717) is 36.9 Å². The summed E-state index contributed by atoms with van der Waals surface area (Å²) in [6.07, 6.45) is 4.37. The van der Waals surface area contributed by atoms with Gasteiger partial charge in [0.1, 0.15) is 0 Å². The van der Waals surface area contributed by atoms with E-state index < -0.39 is 0 Å². The van der Waals surface area contributed by atoms with E-state index in [0.717, 1.165) is 11.1 Å². The monoisotopic (exact) mass is 399 g/mol. The Kier molecular flexibility index (Phi) is 6.68. The van der Waals surface area contributed by atoms with Gasteiger partial charge >= 0.3 is 0 Å². The van der Waals surface area contributed by atoms with Crippen LogP contribution in [-0.2, 0) is 16.1 Å². The van der Waals surface area contributed by atoms with E-state index in [2.05, 4.69) is 24.1 Å². The predicted octanol–water partition coefficient (Wildman–Crippen LogP) is 3.99. The Bertz CT molecular complexity index is 826. The van der Waals surface area contributed by atoms with Crippen LogP contribution in [0.3, 0.4) is 0 Å². The molecular formula is C22H26ClN3O2. The minimum atomic E-state index is -0.317. The average Bonchev–Trinajstić information content (AvgIpc) is 2.69. The van der Waals surface area contributed by atoms with Crippen molar-refractivity contribution in [1.29, 1.82) is 0 Å². The zero-order valence-electron chi connectivity index (χ0n) is 16.3. The first-order chi connectivity index (χ1) is 13.5. The molecule has 1 aliphatic heterocycles. The molecule has 5 nitrogen and oxygen atoms in total. The summed E-state index contributed by atoms with van der Waals surface area (Å²) < 4.78 is 0. The smallest absolute Gasteiger partial charge is 0.225 e.